The number of nitrogens with zero attached hydrogens (tertiary/aromatic N) is 1. The van der Waals surface area contributed by atoms with Crippen LogP contribution in [0.25, 0.3) is 0 Å². The molecule has 2 unspecified atom stereocenters. The minimum absolute atomic E-state index is 0.327. The second kappa shape index (κ2) is 4.64. The second-order valence-electron chi connectivity index (χ2n) is 4.18. The quantitative estimate of drug-likeness (QED) is 0.854. The molecule has 2 heterocycles. The zero-order chi connectivity index (χ0) is 10.8. The van der Waals surface area contributed by atoms with Crippen LogP contribution in [0.5, 0.6) is 0 Å². The zero-order valence-corrected chi connectivity index (χ0v) is 10.4. The van der Waals surface area contributed by atoms with E-state index in [4.69, 9.17) is 5.73 Å². The summed E-state index contributed by atoms with van der Waals surface area (Å²) in [5, 5.41) is 0. The van der Waals surface area contributed by atoms with Crippen molar-refractivity contribution in [1.29, 1.82) is 0 Å². The standard InChI is InChI=1S/C12H20N2S/c1-3-9-5-6-11(15-9)12-10(13)7-8-14(12)4-2/h5-6,10,12H,3-4,7-8,13H2,1-2H3. The predicted molar refractivity (Wildman–Crippen MR) is 66.3 cm³/mol. The SMILES string of the molecule is CCc1ccc(C2C(N)CCN2CC)s1. The molecular weight excluding hydrogens is 204 g/mol. The summed E-state index contributed by atoms with van der Waals surface area (Å²) in [4.78, 5) is 5.43. The molecule has 1 aliphatic rings. The molecule has 0 amide bonds. The van der Waals surface area contributed by atoms with Crippen molar-refractivity contribution >= 4 is 11.3 Å². The van der Waals surface area contributed by atoms with E-state index in [2.05, 4.69) is 30.9 Å². The van der Waals surface area contributed by atoms with Crippen LogP contribution in [0.1, 0.15) is 36.1 Å². The number of aryl methyl sites for hydroxylation is 1. The van der Waals surface area contributed by atoms with Crippen molar-refractivity contribution in [2.45, 2.75) is 38.8 Å². The maximum absolute atomic E-state index is 6.19. The Bertz CT molecular complexity index is 321. The van der Waals surface area contributed by atoms with E-state index in [1.807, 2.05) is 11.3 Å². The first-order valence-electron chi connectivity index (χ1n) is 5.84. The highest BCUT2D eigenvalue weighted by Gasteiger charge is 2.32. The summed E-state index contributed by atoms with van der Waals surface area (Å²) in [7, 11) is 0. The topological polar surface area (TPSA) is 29.3 Å². The van der Waals surface area contributed by atoms with Crippen LogP contribution in [0.15, 0.2) is 12.1 Å². The van der Waals surface area contributed by atoms with Crippen molar-refractivity contribution in [2.75, 3.05) is 13.1 Å². The highest BCUT2D eigenvalue weighted by Crippen LogP contribution is 2.34. The van der Waals surface area contributed by atoms with Gasteiger partial charge in [-0.3, -0.25) is 4.90 Å². The van der Waals surface area contributed by atoms with Gasteiger partial charge in [0.2, 0.25) is 0 Å². The minimum atomic E-state index is 0.327. The van der Waals surface area contributed by atoms with Gasteiger partial charge in [0, 0.05) is 22.3 Å². The van der Waals surface area contributed by atoms with Gasteiger partial charge in [-0.2, -0.15) is 0 Å². The van der Waals surface area contributed by atoms with Gasteiger partial charge in [0.25, 0.3) is 0 Å². The van der Waals surface area contributed by atoms with Crippen LogP contribution >= 0.6 is 11.3 Å². The number of likely N-dealkylation sites (tertiary alicyclic amines) is 1. The maximum atomic E-state index is 6.19. The predicted octanol–water partition coefficient (Wildman–Crippen LogP) is 2.40. The molecule has 84 valence electrons. The number of rotatable bonds is 3. The molecule has 2 rings (SSSR count). The number of thiophene rings is 1. The van der Waals surface area contributed by atoms with Crippen molar-refractivity contribution in [3.05, 3.63) is 21.9 Å². The van der Waals surface area contributed by atoms with Gasteiger partial charge in [-0.1, -0.05) is 13.8 Å². The normalized spacial score (nSPS) is 27.4. The fourth-order valence-corrected chi connectivity index (χ4v) is 3.54. The first kappa shape index (κ1) is 11.1. The number of nitrogens with two attached hydrogens (primary N) is 1. The van der Waals surface area contributed by atoms with Crippen molar-refractivity contribution in [3.63, 3.8) is 0 Å². The Labute approximate surface area is 96.1 Å². The van der Waals surface area contributed by atoms with Crippen LogP contribution in [-0.2, 0) is 6.42 Å². The molecule has 0 bridgehead atoms. The lowest BCUT2D eigenvalue weighted by Gasteiger charge is -2.24. The summed E-state index contributed by atoms with van der Waals surface area (Å²) in [5.41, 5.74) is 6.19. The largest absolute Gasteiger partial charge is 0.326 e. The van der Waals surface area contributed by atoms with E-state index in [0.717, 1.165) is 25.9 Å². The Kier molecular flexibility index (Phi) is 3.44. The van der Waals surface area contributed by atoms with Crippen LogP contribution < -0.4 is 5.73 Å². The fraction of sp³-hybridized carbons (Fsp3) is 0.667. The van der Waals surface area contributed by atoms with Crippen molar-refractivity contribution in [3.8, 4) is 0 Å². The fourth-order valence-electron chi connectivity index (χ4n) is 2.37. The molecule has 2 nitrogen and oxygen atoms in total. The lowest BCUT2D eigenvalue weighted by atomic mass is 10.1. The molecule has 0 saturated carbocycles. The molecule has 0 spiro atoms. The van der Waals surface area contributed by atoms with Gasteiger partial charge >= 0.3 is 0 Å². The third-order valence-corrected chi connectivity index (χ3v) is 4.58. The van der Waals surface area contributed by atoms with Gasteiger partial charge in [-0.15, -0.1) is 11.3 Å². The van der Waals surface area contributed by atoms with Crippen LogP contribution in [0, 0.1) is 0 Å². The van der Waals surface area contributed by atoms with Gasteiger partial charge in [-0.25, -0.2) is 0 Å². The third-order valence-electron chi connectivity index (χ3n) is 3.28. The lowest BCUT2D eigenvalue weighted by molar-refractivity contribution is 0.264. The van der Waals surface area contributed by atoms with Gasteiger partial charge in [0.1, 0.15) is 0 Å². The second-order valence-corrected chi connectivity index (χ2v) is 5.38. The third kappa shape index (κ3) is 2.10. The number of likely N-dealkylation sites (N-methyl/N-ethyl adjacent to an activating group) is 1. The molecule has 1 fully saturated rings. The molecule has 1 aliphatic heterocycles. The lowest BCUT2D eigenvalue weighted by Crippen LogP contribution is -2.30. The van der Waals surface area contributed by atoms with Crippen LogP contribution in [-0.4, -0.2) is 24.0 Å². The van der Waals surface area contributed by atoms with Gasteiger partial charge in [0.05, 0.1) is 6.04 Å². The van der Waals surface area contributed by atoms with E-state index < -0.39 is 0 Å². The monoisotopic (exact) mass is 224 g/mol. The van der Waals surface area contributed by atoms with E-state index >= 15 is 0 Å². The Hall–Kier alpha value is -0.380. The van der Waals surface area contributed by atoms with Gasteiger partial charge in [-0.05, 0) is 31.5 Å². The summed E-state index contributed by atoms with van der Waals surface area (Å²) in [6.45, 7) is 6.70. The first-order valence-corrected chi connectivity index (χ1v) is 6.66. The highest BCUT2D eigenvalue weighted by molar-refractivity contribution is 7.12. The molecular formula is C12H20N2S. The van der Waals surface area contributed by atoms with Crippen LogP contribution in [0.3, 0.4) is 0 Å². The summed E-state index contributed by atoms with van der Waals surface area (Å²) in [5.74, 6) is 0. The maximum Gasteiger partial charge on any atom is 0.0593 e. The van der Waals surface area contributed by atoms with Crippen LogP contribution in [0.4, 0.5) is 0 Å². The van der Waals surface area contributed by atoms with Crippen molar-refractivity contribution in [2.24, 2.45) is 5.73 Å². The number of hydrogen-bond donors (Lipinski definition) is 1. The molecule has 1 aromatic heterocycles. The van der Waals surface area contributed by atoms with E-state index in [1.165, 1.54) is 9.75 Å². The molecule has 3 heteroatoms. The molecule has 1 saturated heterocycles. The summed E-state index contributed by atoms with van der Waals surface area (Å²) in [6, 6.07) is 5.31. The van der Waals surface area contributed by atoms with Crippen molar-refractivity contribution < 1.29 is 0 Å². The average Bonchev–Trinajstić information content (AvgIpc) is 2.83. The molecule has 0 aromatic carbocycles. The van der Waals surface area contributed by atoms with E-state index in [0.29, 0.717) is 12.1 Å². The molecule has 1 aromatic rings. The molecule has 0 aliphatic carbocycles. The summed E-state index contributed by atoms with van der Waals surface area (Å²) >= 11 is 1.93. The van der Waals surface area contributed by atoms with Gasteiger partial charge < -0.3 is 5.73 Å². The highest BCUT2D eigenvalue weighted by atomic mass is 32.1. The Balaban J connectivity index is 2.20. The van der Waals surface area contributed by atoms with Crippen LogP contribution in [0.2, 0.25) is 0 Å². The Morgan fingerprint density at radius 1 is 1.47 bits per heavy atom. The minimum Gasteiger partial charge on any atom is -0.326 e. The smallest absolute Gasteiger partial charge is 0.0593 e. The van der Waals surface area contributed by atoms with E-state index in [-0.39, 0.29) is 0 Å². The van der Waals surface area contributed by atoms with E-state index in [9.17, 15) is 0 Å². The zero-order valence-electron chi connectivity index (χ0n) is 9.57. The Morgan fingerprint density at radius 2 is 2.27 bits per heavy atom. The summed E-state index contributed by atoms with van der Waals surface area (Å²) in [6.07, 6.45) is 2.27. The first-order chi connectivity index (χ1) is 7.26. The summed E-state index contributed by atoms with van der Waals surface area (Å²) < 4.78 is 0. The van der Waals surface area contributed by atoms with Crippen molar-refractivity contribution in [1.82, 2.24) is 4.90 Å². The molecule has 2 atom stereocenters. The molecule has 0 radical (unpaired) electrons. The Morgan fingerprint density at radius 3 is 2.87 bits per heavy atom. The molecule has 15 heavy (non-hydrogen) atoms. The molecule has 2 N–H and O–H groups in total. The van der Waals surface area contributed by atoms with E-state index in [1.54, 1.807) is 0 Å². The van der Waals surface area contributed by atoms with Gasteiger partial charge in [0.15, 0.2) is 0 Å². The average molecular weight is 224 g/mol. The number of hydrogen-bond acceptors (Lipinski definition) is 3.